The molecule has 12 aromatic rings. The van der Waals surface area contributed by atoms with Gasteiger partial charge in [-0.3, -0.25) is 4.40 Å². The lowest BCUT2D eigenvalue weighted by atomic mass is 9.70. The zero-order chi connectivity index (χ0) is 43.6. The van der Waals surface area contributed by atoms with E-state index in [1.54, 1.807) is 0 Å². The molecule has 0 radical (unpaired) electrons. The van der Waals surface area contributed by atoms with Gasteiger partial charge in [-0.1, -0.05) is 194 Å². The summed E-state index contributed by atoms with van der Waals surface area (Å²) < 4.78 is 18.3. The highest BCUT2D eigenvalue weighted by Crippen LogP contribution is 2.63. The normalized spacial score (nSPS) is 13.3. The zero-order valence-electron chi connectivity index (χ0n) is 35.8. The Morgan fingerprint density at radius 1 is 0.348 bits per heavy atom. The molecule has 1 spiro atoms. The van der Waals surface area contributed by atoms with Crippen LogP contribution in [0.3, 0.4) is 0 Å². The third kappa shape index (κ3) is 5.04. The second kappa shape index (κ2) is 13.9. The Morgan fingerprint density at radius 2 is 0.848 bits per heavy atom. The first kappa shape index (κ1) is 37.3. The molecule has 0 saturated heterocycles. The van der Waals surface area contributed by atoms with Gasteiger partial charge in [-0.05, 0) is 115 Å². The van der Waals surface area contributed by atoms with Crippen molar-refractivity contribution < 1.29 is 4.57 Å². The lowest BCUT2D eigenvalue weighted by molar-refractivity contribution is 0.592. The third-order valence-corrected chi connectivity index (χ3v) is 17.5. The number of hydrogen-bond acceptors (Lipinski definition) is 2. The number of imidazole rings is 1. The van der Waals surface area contributed by atoms with Crippen LogP contribution in [0.1, 0.15) is 22.3 Å². The van der Waals surface area contributed by atoms with Gasteiger partial charge in [-0.25, -0.2) is 4.98 Å². The van der Waals surface area contributed by atoms with Crippen molar-refractivity contribution in [2.75, 3.05) is 0 Å². The molecule has 0 saturated carbocycles. The van der Waals surface area contributed by atoms with Gasteiger partial charge in [0.25, 0.3) is 0 Å². The SMILES string of the molecule is O=P(c1ccccc1)(c1ccccc1)c1ccc2c(c1)C1(c3ccccc3-c3ccccc31)c1cc(-c3ccc(-c4ccc5c(c4)c4ccccc4n4c6ccccc6nc54)cc3)ccc1-2. The number of rotatable bonds is 5. The molecule has 10 aromatic carbocycles. The summed E-state index contributed by atoms with van der Waals surface area (Å²) in [5, 5.41) is 6.05. The number of nitrogens with zero attached hydrogens (tertiary/aromatic N) is 2. The maximum atomic E-state index is 16.0. The van der Waals surface area contributed by atoms with Crippen molar-refractivity contribution in [3.8, 4) is 44.5 Å². The molecule has 0 unspecified atom stereocenters. The third-order valence-electron chi connectivity index (χ3n) is 14.5. The maximum Gasteiger partial charge on any atom is 0.171 e. The van der Waals surface area contributed by atoms with E-state index in [-0.39, 0.29) is 0 Å². The first-order chi connectivity index (χ1) is 32.6. The van der Waals surface area contributed by atoms with Crippen LogP contribution in [0.25, 0.3) is 82.9 Å². The maximum absolute atomic E-state index is 16.0. The monoisotopic (exact) mass is 858 g/mol. The van der Waals surface area contributed by atoms with E-state index < -0.39 is 12.6 Å². The van der Waals surface area contributed by atoms with Gasteiger partial charge >= 0.3 is 0 Å². The van der Waals surface area contributed by atoms with Crippen molar-refractivity contribution in [1.82, 2.24) is 9.38 Å². The highest BCUT2D eigenvalue weighted by Gasteiger charge is 2.52. The van der Waals surface area contributed by atoms with Crippen LogP contribution in [0.4, 0.5) is 0 Å². The average molecular weight is 859 g/mol. The van der Waals surface area contributed by atoms with E-state index in [4.69, 9.17) is 4.98 Å². The van der Waals surface area contributed by atoms with Crippen LogP contribution in [-0.4, -0.2) is 9.38 Å². The minimum atomic E-state index is -3.27. The Hall–Kier alpha value is -8.10. The Labute approximate surface area is 382 Å². The van der Waals surface area contributed by atoms with Crippen molar-refractivity contribution >= 4 is 61.4 Å². The zero-order valence-corrected chi connectivity index (χ0v) is 36.7. The minimum absolute atomic E-state index is 0.609. The summed E-state index contributed by atoms with van der Waals surface area (Å²) in [7, 11) is -3.27. The fourth-order valence-electron chi connectivity index (χ4n) is 11.6. The van der Waals surface area contributed by atoms with Gasteiger partial charge in [0.1, 0.15) is 5.65 Å². The predicted molar refractivity (Wildman–Crippen MR) is 274 cm³/mol. The van der Waals surface area contributed by atoms with Crippen LogP contribution in [0, 0.1) is 0 Å². The quantitative estimate of drug-likeness (QED) is 0.128. The molecule has 0 atom stereocenters. The van der Waals surface area contributed by atoms with E-state index in [0.29, 0.717) is 0 Å². The summed E-state index contributed by atoms with van der Waals surface area (Å²) in [6, 6.07) is 84.4. The van der Waals surface area contributed by atoms with Crippen molar-refractivity contribution in [2.24, 2.45) is 0 Å². The molecular formula is C62H39N2OP. The molecular weight excluding hydrogens is 820 g/mol. The van der Waals surface area contributed by atoms with Crippen molar-refractivity contribution in [3.05, 3.63) is 259 Å². The van der Waals surface area contributed by atoms with E-state index in [1.165, 1.54) is 60.8 Å². The van der Waals surface area contributed by atoms with Gasteiger partial charge in [-0.15, -0.1) is 0 Å². The summed E-state index contributed by atoms with van der Waals surface area (Å²) in [4.78, 5) is 5.12. The van der Waals surface area contributed by atoms with Gasteiger partial charge in [0, 0.05) is 26.7 Å². The molecule has 0 fully saturated rings. The van der Waals surface area contributed by atoms with Gasteiger partial charge in [0.2, 0.25) is 0 Å². The fourth-order valence-corrected chi connectivity index (χ4v) is 14.2. The Balaban J connectivity index is 0.924. The van der Waals surface area contributed by atoms with Crippen molar-refractivity contribution in [2.45, 2.75) is 5.41 Å². The molecule has 2 aromatic heterocycles. The van der Waals surface area contributed by atoms with Crippen molar-refractivity contribution in [1.29, 1.82) is 0 Å². The smallest absolute Gasteiger partial charge is 0.171 e. The summed E-state index contributed by atoms with van der Waals surface area (Å²) in [6.45, 7) is 0. The molecule has 2 aliphatic rings. The number of aromatic nitrogens is 2. The minimum Gasteiger partial charge on any atom is -0.309 e. The summed E-state index contributed by atoms with van der Waals surface area (Å²) in [5.41, 5.74) is 18.1. The summed E-state index contributed by atoms with van der Waals surface area (Å²) in [5.74, 6) is 0. The molecule has 2 heterocycles. The first-order valence-electron chi connectivity index (χ1n) is 22.6. The van der Waals surface area contributed by atoms with E-state index >= 15 is 4.57 Å². The molecule has 0 bridgehead atoms. The van der Waals surface area contributed by atoms with Crippen LogP contribution in [0.2, 0.25) is 0 Å². The summed E-state index contributed by atoms with van der Waals surface area (Å²) in [6.07, 6.45) is 0. The Morgan fingerprint density at radius 3 is 1.53 bits per heavy atom. The van der Waals surface area contributed by atoms with Crippen LogP contribution < -0.4 is 15.9 Å². The topological polar surface area (TPSA) is 34.4 Å². The van der Waals surface area contributed by atoms with Gasteiger partial charge < -0.3 is 4.57 Å². The molecule has 3 nitrogen and oxygen atoms in total. The number of pyridine rings is 1. The molecule has 0 N–H and O–H groups in total. The molecule has 2 aliphatic carbocycles. The molecule has 308 valence electrons. The highest BCUT2D eigenvalue weighted by atomic mass is 31.2. The Kier molecular flexibility index (Phi) is 7.88. The predicted octanol–water partition coefficient (Wildman–Crippen LogP) is 14.1. The highest BCUT2D eigenvalue weighted by molar-refractivity contribution is 7.85. The van der Waals surface area contributed by atoms with Crippen LogP contribution >= 0.6 is 7.14 Å². The van der Waals surface area contributed by atoms with Crippen molar-refractivity contribution in [3.63, 3.8) is 0 Å². The average Bonchev–Trinajstić information content (AvgIpc) is 4.03. The number of benzene rings is 10. The first-order valence-corrected chi connectivity index (χ1v) is 24.3. The van der Waals surface area contributed by atoms with Crippen LogP contribution in [0.5, 0.6) is 0 Å². The number of hydrogen-bond donors (Lipinski definition) is 0. The number of fused-ring (bicyclic) bond motifs is 18. The fraction of sp³-hybridized carbons (Fsp3) is 0.0161. The van der Waals surface area contributed by atoms with Gasteiger partial charge in [0.05, 0.1) is 22.0 Å². The van der Waals surface area contributed by atoms with Crippen LogP contribution in [0.15, 0.2) is 237 Å². The molecule has 4 heteroatoms. The second-order valence-corrected chi connectivity index (χ2v) is 20.5. The molecule has 14 rings (SSSR count). The number of para-hydroxylation sites is 3. The van der Waals surface area contributed by atoms with E-state index in [0.717, 1.165) is 60.2 Å². The van der Waals surface area contributed by atoms with Gasteiger partial charge in [-0.2, -0.15) is 0 Å². The summed E-state index contributed by atoms with van der Waals surface area (Å²) >= 11 is 0. The molecule has 0 aliphatic heterocycles. The lowest BCUT2D eigenvalue weighted by Gasteiger charge is -2.31. The lowest BCUT2D eigenvalue weighted by Crippen LogP contribution is -2.29. The molecule has 0 amide bonds. The van der Waals surface area contributed by atoms with Gasteiger partial charge in [0.15, 0.2) is 7.14 Å². The van der Waals surface area contributed by atoms with E-state index in [2.05, 4.69) is 180 Å². The molecule has 66 heavy (non-hydrogen) atoms. The second-order valence-electron chi connectivity index (χ2n) is 17.7. The largest absolute Gasteiger partial charge is 0.309 e. The van der Waals surface area contributed by atoms with Crippen LogP contribution in [-0.2, 0) is 9.98 Å². The standard InChI is InChI=1S/C62H39N2OP/c65-66(44-15-3-1-4-16-44,45-17-5-2-6-18-45)46-33-36-50-49-34-31-43(38-56(49)62(57(50)39-46)54-22-10-7-19-47(54)48-20-8-11-23-55(48)62)41-29-27-40(28-30-41)42-32-35-52-53(37-42)51-21-9-13-25-59(51)64-60-26-14-12-24-58(60)63-61(52)64/h1-39H. The Bertz CT molecular complexity index is 3930. The van der Waals surface area contributed by atoms with E-state index in [9.17, 15) is 0 Å². The van der Waals surface area contributed by atoms with E-state index in [1.807, 2.05) is 60.7 Å².